The van der Waals surface area contributed by atoms with E-state index in [0.29, 0.717) is 25.8 Å². The molecule has 0 aliphatic heterocycles. The molecular weight excluding hydrogens is 310 g/mol. The highest BCUT2D eigenvalue weighted by atomic mass is 16.6. The molecule has 24 heavy (non-hydrogen) atoms. The van der Waals surface area contributed by atoms with Crippen LogP contribution in [0.15, 0.2) is 4.52 Å². The molecule has 0 spiro atoms. The third-order valence-electron chi connectivity index (χ3n) is 3.44. The van der Waals surface area contributed by atoms with Crippen molar-refractivity contribution in [3.63, 3.8) is 0 Å². The lowest BCUT2D eigenvalue weighted by atomic mass is 10.1. The van der Waals surface area contributed by atoms with E-state index in [2.05, 4.69) is 15.8 Å². The van der Waals surface area contributed by atoms with Gasteiger partial charge < -0.3 is 19.9 Å². The van der Waals surface area contributed by atoms with Gasteiger partial charge in [0.25, 0.3) is 0 Å². The lowest BCUT2D eigenvalue weighted by Crippen LogP contribution is -2.37. The van der Waals surface area contributed by atoms with Crippen LogP contribution in [0, 0.1) is 13.8 Å². The van der Waals surface area contributed by atoms with Crippen molar-refractivity contribution in [1.29, 1.82) is 0 Å². The van der Waals surface area contributed by atoms with Gasteiger partial charge in [0.1, 0.15) is 11.4 Å². The second kappa shape index (κ2) is 8.70. The molecule has 0 aromatic carbocycles. The Morgan fingerprint density at radius 2 is 1.96 bits per heavy atom. The summed E-state index contributed by atoms with van der Waals surface area (Å²) in [6, 6.07) is -0.0305. The van der Waals surface area contributed by atoms with Crippen LogP contribution in [0.5, 0.6) is 0 Å². The van der Waals surface area contributed by atoms with Crippen molar-refractivity contribution in [2.75, 3.05) is 6.54 Å². The minimum Gasteiger partial charge on any atom is -0.444 e. The molecule has 0 unspecified atom stereocenters. The number of hydrogen-bond donors (Lipinski definition) is 2. The highest BCUT2D eigenvalue weighted by Gasteiger charge is 2.16. The predicted octanol–water partition coefficient (Wildman–Crippen LogP) is 2.64. The third kappa shape index (κ3) is 7.48. The van der Waals surface area contributed by atoms with Crippen molar-refractivity contribution < 1.29 is 18.8 Å². The zero-order valence-corrected chi connectivity index (χ0v) is 15.5. The molecule has 0 aliphatic carbocycles. The minimum absolute atomic E-state index is 0.0280. The number of nitrogens with zero attached hydrogens (tertiary/aromatic N) is 1. The van der Waals surface area contributed by atoms with Crippen LogP contribution in [0.4, 0.5) is 4.79 Å². The molecule has 7 heteroatoms. The van der Waals surface area contributed by atoms with E-state index in [-0.39, 0.29) is 11.9 Å². The summed E-state index contributed by atoms with van der Waals surface area (Å²) in [6.45, 7) is 11.5. The number of nitrogens with one attached hydrogen (secondary N) is 2. The lowest BCUT2D eigenvalue weighted by Gasteiger charge is -2.20. The van der Waals surface area contributed by atoms with E-state index in [9.17, 15) is 9.59 Å². The first-order chi connectivity index (χ1) is 11.1. The summed E-state index contributed by atoms with van der Waals surface area (Å²) in [5, 5.41) is 9.48. The number of carbonyl (C=O) groups is 2. The molecule has 136 valence electrons. The van der Waals surface area contributed by atoms with Crippen molar-refractivity contribution in [3.8, 4) is 0 Å². The van der Waals surface area contributed by atoms with Crippen LogP contribution in [0.2, 0.25) is 0 Å². The lowest BCUT2D eigenvalue weighted by molar-refractivity contribution is -0.121. The summed E-state index contributed by atoms with van der Waals surface area (Å²) in [5.41, 5.74) is 1.31. The van der Waals surface area contributed by atoms with Crippen molar-refractivity contribution in [2.24, 2.45) is 0 Å². The van der Waals surface area contributed by atoms with Crippen LogP contribution in [0.3, 0.4) is 0 Å². The van der Waals surface area contributed by atoms with E-state index in [1.165, 1.54) is 0 Å². The van der Waals surface area contributed by atoms with E-state index in [1.54, 1.807) is 0 Å². The molecule has 0 saturated carbocycles. The standard InChI is InChI=1S/C17H29N3O4/c1-11(9-10-18-16(22)23-17(4,5)6)19-15(21)8-7-14-12(2)20-24-13(14)3/h11H,7-10H2,1-6H3,(H,18,22)(H,19,21)/t11-/m0/s1. The van der Waals surface area contributed by atoms with Crippen molar-refractivity contribution in [2.45, 2.75) is 72.4 Å². The van der Waals surface area contributed by atoms with Crippen LogP contribution in [0.25, 0.3) is 0 Å². The largest absolute Gasteiger partial charge is 0.444 e. The van der Waals surface area contributed by atoms with E-state index in [4.69, 9.17) is 9.26 Å². The Balaban J connectivity index is 2.24. The Morgan fingerprint density at radius 3 is 2.50 bits per heavy atom. The fourth-order valence-corrected chi connectivity index (χ4v) is 2.22. The molecule has 0 bridgehead atoms. The molecule has 1 atom stereocenters. The maximum Gasteiger partial charge on any atom is 0.407 e. The van der Waals surface area contributed by atoms with Gasteiger partial charge >= 0.3 is 6.09 Å². The van der Waals surface area contributed by atoms with Gasteiger partial charge in [-0.3, -0.25) is 4.79 Å². The molecule has 1 aromatic rings. The molecule has 1 heterocycles. The van der Waals surface area contributed by atoms with Crippen molar-refractivity contribution >= 4 is 12.0 Å². The highest BCUT2D eigenvalue weighted by Crippen LogP contribution is 2.14. The zero-order chi connectivity index (χ0) is 18.3. The van der Waals surface area contributed by atoms with Gasteiger partial charge in [-0.15, -0.1) is 0 Å². The number of hydrogen-bond acceptors (Lipinski definition) is 5. The Kier molecular flexibility index (Phi) is 7.25. The normalized spacial score (nSPS) is 12.6. The number of aromatic nitrogens is 1. The van der Waals surface area contributed by atoms with E-state index >= 15 is 0 Å². The molecule has 2 amide bonds. The second-order valence-electron chi connectivity index (χ2n) is 6.99. The molecule has 7 nitrogen and oxygen atoms in total. The smallest absolute Gasteiger partial charge is 0.407 e. The fraction of sp³-hybridized carbons (Fsp3) is 0.706. The summed E-state index contributed by atoms with van der Waals surface area (Å²) in [6.07, 6.45) is 1.18. The maximum atomic E-state index is 12.0. The number of aryl methyl sites for hydroxylation is 2. The van der Waals surface area contributed by atoms with E-state index in [1.807, 2.05) is 41.5 Å². The minimum atomic E-state index is -0.512. The number of carbonyl (C=O) groups excluding carboxylic acids is 2. The number of amides is 2. The zero-order valence-electron chi connectivity index (χ0n) is 15.5. The topological polar surface area (TPSA) is 93.5 Å². The van der Waals surface area contributed by atoms with Gasteiger partial charge in [-0.2, -0.15) is 0 Å². The Hall–Kier alpha value is -2.05. The van der Waals surface area contributed by atoms with Gasteiger partial charge in [-0.25, -0.2) is 4.79 Å². The monoisotopic (exact) mass is 339 g/mol. The Bertz CT molecular complexity index is 541. The van der Waals surface area contributed by atoms with Crippen LogP contribution < -0.4 is 10.6 Å². The summed E-state index contributed by atoms with van der Waals surface area (Å²) in [4.78, 5) is 23.5. The average molecular weight is 339 g/mol. The Labute approximate surface area is 143 Å². The van der Waals surface area contributed by atoms with Crippen LogP contribution in [0.1, 0.15) is 57.6 Å². The van der Waals surface area contributed by atoms with E-state index in [0.717, 1.165) is 17.0 Å². The summed E-state index contributed by atoms with van der Waals surface area (Å²) < 4.78 is 10.2. The predicted molar refractivity (Wildman–Crippen MR) is 90.8 cm³/mol. The molecule has 0 fully saturated rings. The highest BCUT2D eigenvalue weighted by molar-refractivity contribution is 5.76. The van der Waals surface area contributed by atoms with Gasteiger partial charge in [0, 0.05) is 24.6 Å². The summed E-state index contributed by atoms with van der Waals surface area (Å²) in [5.74, 6) is 0.731. The first-order valence-electron chi connectivity index (χ1n) is 8.26. The molecule has 0 aliphatic rings. The molecule has 0 radical (unpaired) electrons. The first-order valence-corrected chi connectivity index (χ1v) is 8.26. The average Bonchev–Trinajstić information content (AvgIpc) is 2.73. The molecule has 1 rings (SSSR count). The third-order valence-corrected chi connectivity index (χ3v) is 3.44. The van der Waals surface area contributed by atoms with Crippen molar-refractivity contribution in [1.82, 2.24) is 15.8 Å². The van der Waals surface area contributed by atoms with Gasteiger partial charge in [0.2, 0.25) is 5.91 Å². The quantitative estimate of drug-likeness (QED) is 0.796. The van der Waals surface area contributed by atoms with E-state index < -0.39 is 11.7 Å². The van der Waals surface area contributed by atoms with Crippen molar-refractivity contribution in [3.05, 3.63) is 17.0 Å². The van der Waals surface area contributed by atoms with Gasteiger partial charge in [0.15, 0.2) is 0 Å². The van der Waals surface area contributed by atoms with Crippen LogP contribution in [-0.4, -0.2) is 35.3 Å². The van der Waals surface area contributed by atoms with Gasteiger partial charge in [0.05, 0.1) is 5.69 Å². The number of rotatable bonds is 7. The maximum absolute atomic E-state index is 12.0. The molecule has 1 aromatic heterocycles. The van der Waals surface area contributed by atoms with Crippen LogP contribution >= 0.6 is 0 Å². The number of alkyl carbamates (subject to hydrolysis) is 1. The SMILES string of the molecule is Cc1noc(C)c1CCC(=O)N[C@@H](C)CCNC(=O)OC(C)(C)C. The van der Waals surface area contributed by atoms with Gasteiger partial charge in [-0.1, -0.05) is 5.16 Å². The van der Waals surface area contributed by atoms with Gasteiger partial charge in [-0.05, 0) is 54.4 Å². The van der Waals surface area contributed by atoms with Crippen LogP contribution in [-0.2, 0) is 16.0 Å². The molecule has 2 N–H and O–H groups in total. The second-order valence-corrected chi connectivity index (χ2v) is 6.99. The Morgan fingerprint density at radius 1 is 1.29 bits per heavy atom. The number of ether oxygens (including phenoxy) is 1. The fourth-order valence-electron chi connectivity index (χ4n) is 2.22. The molecule has 0 saturated heterocycles. The molecular formula is C17H29N3O4. The summed E-state index contributed by atoms with van der Waals surface area (Å²) in [7, 11) is 0. The summed E-state index contributed by atoms with van der Waals surface area (Å²) >= 11 is 0. The first kappa shape index (κ1) is 20.0.